The number of alkyl halides is 3. The first kappa shape index (κ1) is 23.6. The van der Waals surface area contributed by atoms with E-state index in [0.717, 1.165) is 11.1 Å². The summed E-state index contributed by atoms with van der Waals surface area (Å²) in [5.74, 6) is 5.50. The highest BCUT2D eigenvalue weighted by molar-refractivity contribution is 6.31. The van der Waals surface area contributed by atoms with E-state index >= 15 is 0 Å². The monoisotopic (exact) mass is 467 g/mol. The van der Waals surface area contributed by atoms with Gasteiger partial charge >= 0.3 is 6.18 Å². The number of halogens is 4. The molecule has 0 aliphatic heterocycles. The Kier molecular flexibility index (Phi) is 6.21. The number of nitrogens with zero attached hydrogens (tertiary/aromatic N) is 4. The third-order valence-electron chi connectivity index (χ3n) is 4.74. The van der Waals surface area contributed by atoms with Crippen molar-refractivity contribution in [2.45, 2.75) is 25.6 Å². The van der Waals surface area contributed by atoms with Crippen LogP contribution in [0, 0.1) is 0 Å². The van der Waals surface area contributed by atoms with Crippen LogP contribution in [0.15, 0.2) is 42.5 Å². The molecule has 3 aromatic rings. The van der Waals surface area contributed by atoms with E-state index < -0.39 is 23.2 Å². The Morgan fingerprint density at radius 3 is 2.44 bits per heavy atom. The first-order valence-electron chi connectivity index (χ1n) is 9.40. The molecule has 1 aromatic heterocycles. The zero-order valence-electron chi connectivity index (χ0n) is 17.7. The molecule has 0 atom stereocenters. The molecule has 0 saturated carbocycles. The zero-order chi connectivity index (χ0) is 23.8. The fourth-order valence-corrected chi connectivity index (χ4v) is 3.45. The number of amides is 1. The summed E-state index contributed by atoms with van der Waals surface area (Å²) in [6.07, 6.45) is -4.55. The summed E-state index contributed by atoms with van der Waals surface area (Å²) in [5, 5.41) is 9.27. The molecule has 0 saturated heterocycles. The fourth-order valence-electron chi connectivity index (χ4n) is 3.28. The number of carbonyl (C=O) groups excluding carboxylic acids is 1. The minimum Gasteiger partial charge on any atom is -0.479 e. The van der Waals surface area contributed by atoms with Crippen LogP contribution >= 0.6 is 11.6 Å². The van der Waals surface area contributed by atoms with Crippen LogP contribution in [0.25, 0.3) is 11.4 Å². The summed E-state index contributed by atoms with van der Waals surface area (Å²) in [4.78, 5) is 12.4. The van der Waals surface area contributed by atoms with Crippen LogP contribution in [-0.2, 0) is 18.8 Å². The van der Waals surface area contributed by atoms with Gasteiger partial charge in [0.25, 0.3) is 5.91 Å². The van der Waals surface area contributed by atoms with Crippen molar-refractivity contribution in [3.63, 3.8) is 0 Å². The Morgan fingerprint density at radius 1 is 1.16 bits per heavy atom. The molecular weight excluding hydrogens is 447 g/mol. The first-order chi connectivity index (χ1) is 14.8. The molecule has 0 aliphatic carbocycles. The third-order valence-corrected chi connectivity index (χ3v) is 4.98. The molecule has 32 heavy (non-hydrogen) atoms. The van der Waals surface area contributed by atoms with Gasteiger partial charge in [-0.25, -0.2) is 5.84 Å². The van der Waals surface area contributed by atoms with E-state index in [4.69, 9.17) is 22.2 Å². The number of rotatable bonds is 5. The Labute approximate surface area is 187 Å². The lowest BCUT2D eigenvalue weighted by molar-refractivity contribution is -0.137. The molecule has 7 nitrogen and oxygen atoms in total. The lowest BCUT2D eigenvalue weighted by Crippen LogP contribution is -2.35. The SMILES string of the molecule is CN(N)C(=O)c1cc(Cl)ccc1OC(C)(C)c1nnc(-c2ccccc2C(F)(F)F)n1C. The van der Waals surface area contributed by atoms with Crippen molar-refractivity contribution in [2.75, 3.05) is 7.05 Å². The van der Waals surface area contributed by atoms with Gasteiger partial charge in [0.15, 0.2) is 17.2 Å². The van der Waals surface area contributed by atoms with Crippen LogP contribution in [0.5, 0.6) is 5.75 Å². The highest BCUT2D eigenvalue weighted by atomic mass is 35.5. The lowest BCUT2D eigenvalue weighted by Gasteiger charge is -2.27. The van der Waals surface area contributed by atoms with Gasteiger partial charge in [0.05, 0.1) is 11.1 Å². The van der Waals surface area contributed by atoms with Crippen LogP contribution in [0.2, 0.25) is 5.02 Å². The van der Waals surface area contributed by atoms with Crippen molar-refractivity contribution in [2.24, 2.45) is 12.9 Å². The van der Waals surface area contributed by atoms with Gasteiger partial charge in [0.1, 0.15) is 5.75 Å². The molecule has 0 fully saturated rings. The second kappa shape index (κ2) is 8.44. The topological polar surface area (TPSA) is 86.3 Å². The second-order valence-corrected chi connectivity index (χ2v) is 8.05. The molecule has 1 amide bonds. The fraction of sp³-hybridized carbons (Fsp3) is 0.286. The third kappa shape index (κ3) is 4.56. The predicted molar refractivity (Wildman–Crippen MR) is 113 cm³/mol. The van der Waals surface area contributed by atoms with E-state index in [2.05, 4.69) is 10.2 Å². The molecule has 2 N–H and O–H groups in total. The molecule has 0 bridgehead atoms. The van der Waals surface area contributed by atoms with Gasteiger partial charge in [-0.2, -0.15) is 13.2 Å². The van der Waals surface area contributed by atoms with E-state index in [1.165, 1.54) is 41.9 Å². The molecule has 2 aromatic carbocycles. The van der Waals surface area contributed by atoms with Crippen molar-refractivity contribution in [3.8, 4) is 17.1 Å². The van der Waals surface area contributed by atoms with Gasteiger partial charge in [-0.05, 0) is 38.1 Å². The minimum atomic E-state index is -4.55. The van der Waals surface area contributed by atoms with Gasteiger partial charge in [-0.1, -0.05) is 29.8 Å². The average molecular weight is 468 g/mol. The summed E-state index contributed by atoms with van der Waals surface area (Å²) in [5.41, 5.74) is -1.98. The van der Waals surface area contributed by atoms with Crippen molar-refractivity contribution < 1.29 is 22.7 Å². The number of nitrogens with two attached hydrogens (primary N) is 1. The number of aromatic nitrogens is 3. The van der Waals surface area contributed by atoms with E-state index in [0.29, 0.717) is 5.02 Å². The molecule has 3 rings (SSSR count). The van der Waals surface area contributed by atoms with Crippen molar-refractivity contribution in [3.05, 3.63) is 64.4 Å². The van der Waals surface area contributed by atoms with E-state index in [1.54, 1.807) is 27.0 Å². The molecule has 170 valence electrons. The highest BCUT2D eigenvalue weighted by Gasteiger charge is 2.36. The molecule has 0 spiro atoms. The number of ether oxygens (including phenoxy) is 1. The standard InChI is InChI=1S/C21H21ClF3N5O2/c1-20(2,32-16-10-9-12(22)11-14(16)18(31)30(4)26)19-28-27-17(29(19)3)13-7-5-6-8-15(13)21(23,24)25/h5-11H,26H2,1-4H3. The molecular formula is C21H21ClF3N5O2. The Hall–Kier alpha value is -3.11. The number of hydrazine groups is 1. The van der Waals surface area contributed by atoms with E-state index in [9.17, 15) is 18.0 Å². The van der Waals surface area contributed by atoms with Crippen LogP contribution in [-0.4, -0.2) is 32.7 Å². The van der Waals surface area contributed by atoms with Crippen LogP contribution < -0.4 is 10.6 Å². The molecule has 0 aliphatic rings. The molecule has 0 radical (unpaired) electrons. The van der Waals surface area contributed by atoms with E-state index in [1.807, 2.05) is 0 Å². The number of hydrogen-bond donors (Lipinski definition) is 1. The Bertz CT molecular complexity index is 1160. The highest BCUT2D eigenvalue weighted by Crippen LogP contribution is 2.37. The summed E-state index contributed by atoms with van der Waals surface area (Å²) in [6, 6.07) is 9.59. The Balaban J connectivity index is 2.03. The Morgan fingerprint density at radius 2 is 1.81 bits per heavy atom. The van der Waals surface area contributed by atoms with Crippen molar-refractivity contribution >= 4 is 17.5 Å². The van der Waals surface area contributed by atoms with Crippen molar-refractivity contribution in [1.82, 2.24) is 19.8 Å². The smallest absolute Gasteiger partial charge is 0.417 e. The molecule has 11 heteroatoms. The largest absolute Gasteiger partial charge is 0.479 e. The maximum absolute atomic E-state index is 13.5. The van der Waals surface area contributed by atoms with Gasteiger partial charge in [0.2, 0.25) is 0 Å². The quantitative estimate of drug-likeness (QED) is 0.341. The van der Waals surface area contributed by atoms with Gasteiger partial charge in [-0.3, -0.25) is 9.80 Å². The van der Waals surface area contributed by atoms with Gasteiger partial charge in [0, 0.05) is 24.7 Å². The summed E-state index contributed by atoms with van der Waals surface area (Å²) >= 11 is 6.02. The minimum absolute atomic E-state index is 0.0266. The number of benzene rings is 2. The number of carbonyl (C=O) groups is 1. The van der Waals surface area contributed by atoms with Crippen LogP contribution in [0.1, 0.15) is 35.6 Å². The van der Waals surface area contributed by atoms with Crippen LogP contribution in [0.4, 0.5) is 13.2 Å². The zero-order valence-corrected chi connectivity index (χ0v) is 18.5. The van der Waals surface area contributed by atoms with Gasteiger partial charge < -0.3 is 9.30 Å². The average Bonchev–Trinajstić information content (AvgIpc) is 3.10. The van der Waals surface area contributed by atoms with E-state index in [-0.39, 0.29) is 28.5 Å². The van der Waals surface area contributed by atoms with Crippen molar-refractivity contribution in [1.29, 1.82) is 0 Å². The summed E-state index contributed by atoms with van der Waals surface area (Å²) < 4.78 is 47.9. The van der Waals surface area contributed by atoms with Crippen LogP contribution in [0.3, 0.4) is 0 Å². The molecule has 1 heterocycles. The molecule has 0 unspecified atom stereocenters. The predicted octanol–water partition coefficient (Wildman–Crippen LogP) is 4.41. The maximum atomic E-state index is 13.5. The normalized spacial score (nSPS) is 12.0. The number of hydrogen-bond acceptors (Lipinski definition) is 5. The maximum Gasteiger partial charge on any atom is 0.417 e. The first-order valence-corrected chi connectivity index (χ1v) is 9.78. The second-order valence-electron chi connectivity index (χ2n) is 7.62. The summed E-state index contributed by atoms with van der Waals surface area (Å²) in [6.45, 7) is 3.32. The summed E-state index contributed by atoms with van der Waals surface area (Å²) in [7, 11) is 2.93. The van der Waals surface area contributed by atoms with Gasteiger partial charge in [-0.15, -0.1) is 10.2 Å². The lowest BCUT2D eigenvalue weighted by atomic mass is 10.1.